The van der Waals surface area contributed by atoms with Crippen molar-refractivity contribution in [2.75, 3.05) is 6.54 Å². The summed E-state index contributed by atoms with van der Waals surface area (Å²) in [5.41, 5.74) is 4.75. The lowest BCUT2D eigenvalue weighted by Crippen LogP contribution is -2.43. The molecule has 0 bridgehead atoms. The third-order valence-corrected chi connectivity index (χ3v) is 7.30. The van der Waals surface area contributed by atoms with E-state index < -0.39 is 22.1 Å². The Morgan fingerprint density at radius 2 is 1.55 bits per heavy atom. The highest BCUT2D eigenvalue weighted by Gasteiger charge is 2.21. The Labute approximate surface area is 259 Å². The van der Waals surface area contributed by atoms with Gasteiger partial charge in [-0.3, -0.25) is 4.79 Å². The zero-order valence-electron chi connectivity index (χ0n) is 24.0. The van der Waals surface area contributed by atoms with Crippen molar-refractivity contribution in [2.24, 2.45) is 4.36 Å². The summed E-state index contributed by atoms with van der Waals surface area (Å²) in [7, 11) is -2.73. The van der Waals surface area contributed by atoms with Crippen LogP contribution in [0.25, 0.3) is 11.1 Å². The van der Waals surface area contributed by atoms with Crippen LogP contribution in [0.5, 0.6) is 11.5 Å². The Morgan fingerprint density at radius 1 is 0.864 bits per heavy atom. The van der Waals surface area contributed by atoms with E-state index in [4.69, 9.17) is 0 Å². The molecule has 0 spiro atoms. The number of aromatic hydroxyl groups is 2. The quantitative estimate of drug-likeness (QED) is 0.139. The summed E-state index contributed by atoms with van der Waals surface area (Å²) < 4.78 is 25.1. The van der Waals surface area contributed by atoms with Gasteiger partial charge in [-0.05, 0) is 84.0 Å². The molecule has 0 saturated heterocycles. The minimum Gasteiger partial charge on any atom is -0.508 e. The van der Waals surface area contributed by atoms with Crippen LogP contribution in [-0.2, 0) is 34.7 Å². The summed E-state index contributed by atoms with van der Waals surface area (Å²) in [5.74, 6) is -0.166. The topological polar surface area (TPSA) is 148 Å². The number of rotatable bonds is 12. The van der Waals surface area contributed by atoms with Gasteiger partial charge >= 0.3 is 10.5 Å². The third-order valence-electron chi connectivity index (χ3n) is 6.95. The highest BCUT2D eigenvalue weighted by Crippen LogP contribution is 2.30. The molecule has 0 aliphatic rings. The van der Waals surface area contributed by atoms with Gasteiger partial charge in [-0.15, -0.1) is 4.36 Å². The molecule has 5 N–H and O–H groups in total. The molecule has 0 aromatic heterocycles. The summed E-state index contributed by atoms with van der Waals surface area (Å²) in [6.07, 6.45) is -0.0870. The van der Waals surface area contributed by atoms with E-state index in [1.54, 1.807) is 12.1 Å². The maximum absolute atomic E-state index is 12.8. The molecule has 0 aliphatic heterocycles. The molecule has 4 aromatic carbocycles. The molecule has 0 aliphatic carbocycles. The zero-order valence-corrected chi connectivity index (χ0v) is 24.8. The van der Waals surface area contributed by atoms with Gasteiger partial charge in [-0.2, -0.15) is 8.42 Å². The zero-order chi connectivity index (χ0) is 31.0. The van der Waals surface area contributed by atoms with E-state index in [9.17, 15) is 28.5 Å². The largest absolute Gasteiger partial charge is 0.508 e. The Balaban J connectivity index is 0.00000529. The van der Waals surface area contributed by atoms with E-state index in [1.165, 1.54) is 18.2 Å². The van der Waals surface area contributed by atoms with Crippen LogP contribution in [0.3, 0.4) is 0 Å². The number of nitrogens with one attached hydrogen (secondary N) is 2. The van der Waals surface area contributed by atoms with Crippen LogP contribution in [-0.4, -0.2) is 41.7 Å². The first-order valence-corrected chi connectivity index (χ1v) is 14.8. The molecule has 1 amide bonds. The molecule has 4 rings (SSSR count). The highest BCUT2D eigenvalue weighted by atomic mass is 32.2. The van der Waals surface area contributed by atoms with Gasteiger partial charge in [0.25, 0.3) is 0 Å². The molecule has 0 radical (unpaired) electrons. The molecule has 10 heteroatoms. The summed E-state index contributed by atoms with van der Waals surface area (Å²) in [6, 6.07) is 26.9. The molecule has 44 heavy (non-hydrogen) atoms. The lowest BCUT2D eigenvalue weighted by atomic mass is 9.93. The molecule has 0 heterocycles. The van der Waals surface area contributed by atoms with Gasteiger partial charge in [0.1, 0.15) is 17.2 Å². The lowest BCUT2D eigenvalue weighted by molar-refractivity contribution is -0.120. The van der Waals surface area contributed by atoms with Crippen molar-refractivity contribution in [3.8, 4) is 22.6 Å². The van der Waals surface area contributed by atoms with Crippen LogP contribution in [0, 0.1) is 0 Å². The fourth-order valence-corrected chi connectivity index (χ4v) is 5.08. The van der Waals surface area contributed by atoms with E-state index in [2.05, 4.69) is 15.0 Å². The molecule has 1 atom stereocenters. The monoisotopic (exact) mass is 617 g/mol. The van der Waals surface area contributed by atoms with Gasteiger partial charge in [-0.1, -0.05) is 68.1 Å². The van der Waals surface area contributed by atoms with Crippen molar-refractivity contribution in [3.05, 3.63) is 113 Å². The smallest absolute Gasteiger partial charge is 0.316 e. The highest BCUT2D eigenvalue weighted by molar-refractivity contribution is 7.61. The average molecular weight is 618 g/mol. The van der Waals surface area contributed by atoms with Crippen molar-refractivity contribution < 1.29 is 28.5 Å². The number of nitrogens with zero attached hydrogens (tertiary/aromatic N) is 1. The standard InChI is InChI=1S/C33H35N3O6S.CH4/c1-33(2,35-21-31(39)27-11-14-30(38)29(18-27)36-43(41)42)19-23-6-3-5-22(15-23)17-32(40)34-20-24-7-4-8-26(16-24)25-9-12-28(37)13-10-25;/h3-16,18,31,35,37-39H,17,19-21H2,1-2H3,(H,34,40);1H4/t31-;/m0./s1. The van der Waals surface area contributed by atoms with Gasteiger partial charge in [0.05, 0.1) is 12.5 Å². The fraction of sp³-hybridized carbons (Fsp3) is 0.265. The number of aliphatic hydroxyl groups excluding tert-OH is 1. The van der Waals surface area contributed by atoms with Gasteiger partial charge in [0.15, 0.2) is 0 Å². The number of hydrogen-bond donors (Lipinski definition) is 5. The second kappa shape index (κ2) is 15.3. The summed E-state index contributed by atoms with van der Waals surface area (Å²) in [5, 5.41) is 36.3. The van der Waals surface area contributed by atoms with Crippen molar-refractivity contribution >= 4 is 22.1 Å². The molecular weight excluding hydrogens is 578 g/mol. The average Bonchev–Trinajstić information content (AvgIpc) is 2.96. The Bertz CT molecular complexity index is 1710. The number of phenolic OH excluding ortho intramolecular Hbond substituents is 2. The Hall–Kier alpha value is -4.51. The minimum atomic E-state index is -2.73. The first-order chi connectivity index (χ1) is 20.5. The number of carbonyl (C=O) groups excluding carboxylic acids is 1. The molecule has 0 fully saturated rings. The SMILES string of the molecule is C.CC(C)(Cc1cccc(CC(=O)NCc2cccc(-c3ccc(O)cc3)c2)c1)NC[C@H](O)c1ccc(O)c(N=S(=O)=O)c1. The number of benzene rings is 4. The van der Waals surface area contributed by atoms with E-state index in [1.807, 2.05) is 74.5 Å². The van der Waals surface area contributed by atoms with Crippen molar-refractivity contribution in [1.29, 1.82) is 0 Å². The molecule has 4 aromatic rings. The van der Waals surface area contributed by atoms with E-state index in [0.717, 1.165) is 27.8 Å². The van der Waals surface area contributed by atoms with Crippen LogP contribution in [0.4, 0.5) is 5.69 Å². The maximum Gasteiger partial charge on any atom is 0.316 e. The van der Waals surface area contributed by atoms with E-state index in [-0.39, 0.29) is 43.5 Å². The van der Waals surface area contributed by atoms with Crippen LogP contribution in [0.1, 0.15) is 49.6 Å². The van der Waals surface area contributed by atoms with Crippen LogP contribution in [0.15, 0.2) is 95.4 Å². The van der Waals surface area contributed by atoms with Crippen LogP contribution < -0.4 is 10.6 Å². The van der Waals surface area contributed by atoms with Crippen LogP contribution in [0.2, 0.25) is 0 Å². The molecular formula is C34H39N3O6S. The van der Waals surface area contributed by atoms with Gasteiger partial charge in [0.2, 0.25) is 5.91 Å². The minimum absolute atomic E-state index is 0. The number of β-amino-alcohol motifs (C(OH)–C–C–N with tert-alkyl or cyclic N) is 1. The van der Waals surface area contributed by atoms with E-state index in [0.29, 0.717) is 18.5 Å². The Morgan fingerprint density at radius 3 is 2.27 bits per heavy atom. The number of carbonyl (C=O) groups is 1. The predicted molar refractivity (Wildman–Crippen MR) is 172 cm³/mol. The lowest BCUT2D eigenvalue weighted by Gasteiger charge is -2.28. The Kier molecular flexibility index (Phi) is 11.8. The van der Waals surface area contributed by atoms with E-state index >= 15 is 0 Å². The predicted octanol–water partition coefficient (Wildman–Crippen LogP) is 5.60. The molecule has 0 saturated carbocycles. The van der Waals surface area contributed by atoms with Gasteiger partial charge in [0, 0.05) is 18.6 Å². The number of aliphatic hydroxyl groups is 1. The number of amides is 1. The summed E-state index contributed by atoms with van der Waals surface area (Å²) in [6.45, 7) is 4.59. The third kappa shape index (κ3) is 10.0. The molecule has 9 nitrogen and oxygen atoms in total. The van der Waals surface area contributed by atoms with Crippen molar-refractivity contribution in [3.63, 3.8) is 0 Å². The summed E-state index contributed by atoms with van der Waals surface area (Å²) in [4.78, 5) is 12.8. The van der Waals surface area contributed by atoms with Crippen molar-refractivity contribution in [1.82, 2.24) is 10.6 Å². The summed E-state index contributed by atoms with van der Waals surface area (Å²) >= 11 is 0. The normalized spacial score (nSPS) is 11.7. The second-order valence-corrected chi connectivity index (χ2v) is 11.7. The molecule has 232 valence electrons. The second-order valence-electron chi connectivity index (χ2n) is 11.0. The van der Waals surface area contributed by atoms with Crippen LogP contribution >= 0.6 is 0 Å². The first-order valence-electron chi connectivity index (χ1n) is 13.8. The van der Waals surface area contributed by atoms with Gasteiger partial charge in [-0.25, -0.2) is 0 Å². The maximum atomic E-state index is 12.8. The first kappa shape index (κ1) is 34.0. The fourth-order valence-electron chi connectivity index (χ4n) is 4.78. The number of phenols is 2. The molecule has 0 unspecified atom stereocenters. The number of hydrogen-bond acceptors (Lipinski definition) is 8. The van der Waals surface area contributed by atoms with Gasteiger partial charge < -0.3 is 26.0 Å². The van der Waals surface area contributed by atoms with Crippen molar-refractivity contribution in [2.45, 2.75) is 52.3 Å².